The van der Waals surface area contributed by atoms with Crippen LogP contribution < -0.4 is 5.32 Å². The number of hydrogen-bond acceptors (Lipinski definition) is 4. The van der Waals surface area contributed by atoms with E-state index in [1.165, 1.54) is 29.9 Å². The van der Waals surface area contributed by atoms with E-state index in [9.17, 15) is 19.3 Å². The first-order chi connectivity index (χ1) is 10.4. The van der Waals surface area contributed by atoms with Crippen molar-refractivity contribution in [1.29, 1.82) is 0 Å². The van der Waals surface area contributed by atoms with Crippen molar-refractivity contribution in [3.63, 3.8) is 0 Å². The standard InChI is InChI=1S/C14H15FN4O3/c1-9-3-4-11(15)7-12(9)16-14(20)5-6-18-8-13(19(21)22)10(2)17-18/h3-4,7-8H,5-6H2,1-2H3,(H,16,20). The van der Waals surface area contributed by atoms with Gasteiger partial charge in [-0.1, -0.05) is 6.07 Å². The van der Waals surface area contributed by atoms with Crippen LogP contribution in [0.2, 0.25) is 0 Å². The van der Waals surface area contributed by atoms with E-state index in [1.54, 1.807) is 13.0 Å². The molecule has 2 aromatic rings. The van der Waals surface area contributed by atoms with E-state index < -0.39 is 10.7 Å². The van der Waals surface area contributed by atoms with Crippen LogP contribution in [0.25, 0.3) is 0 Å². The molecule has 7 nitrogen and oxygen atoms in total. The zero-order chi connectivity index (χ0) is 16.3. The molecule has 1 aromatic carbocycles. The van der Waals surface area contributed by atoms with Crippen molar-refractivity contribution in [1.82, 2.24) is 9.78 Å². The average Bonchev–Trinajstić information content (AvgIpc) is 2.82. The zero-order valence-corrected chi connectivity index (χ0v) is 12.2. The molecule has 0 aliphatic carbocycles. The van der Waals surface area contributed by atoms with Crippen molar-refractivity contribution in [3.8, 4) is 0 Å². The molecule has 1 N–H and O–H groups in total. The summed E-state index contributed by atoms with van der Waals surface area (Å²) in [7, 11) is 0. The van der Waals surface area contributed by atoms with Crippen LogP contribution in [0.1, 0.15) is 17.7 Å². The monoisotopic (exact) mass is 306 g/mol. The van der Waals surface area contributed by atoms with Gasteiger partial charge in [-0.3, -0.25) is 19.6 Å². The third kappa shape index (κ3) is 3.66. The molecule has 0 fully saturated rings. The molecule has 0 unspecified atom stereocenters. The Morgan fingerprint density at radius 2 is 2.18 bits per heavy atom. The van der Waals surface area contributed by atoms with Crippen molar-refractivity contribution in [2.24, 2.45) is 0 Å². The summed E-state index contributed by atoms with van der Waals surface area (Å²) in [5.41, 5.74) is 1.38. The van der Waals surface area contributed by atoms with Crippen LogP contribution in [0.4, 0.5) is 15.8 Å². The van der Waals surface area contributed by atoms with Gasteiger partial charge in [0.1, 0.15) is 17.7 Å². The van der Waals surface area contributed by atoms with Crippen molar-refractivity contribution >= 4 is 17.3 Å². The van der Waals surface area contributed by atoms with E-state index >= 15 is 0 Å². The molecule has 1 aromatic heterocycles. The third-order valence-corrected chi connectivity index (χ3v) is 3.16. The molecule has 1 heterocycles. The molecule has 8 heteroatoms. The molecule has 0 saturated heterocycles. The second kappa shape index (κ2) is 6.33. The van der Waals surface area contributed by atoms with Crippen LogP contribution in [-0.2, 0) is 11.3 Å². The largest absolute Gasteiger partial charge is 0.326 e. The molecule has 0 saturated carbocycles. The summed E-state index contributed by atoms with van der Waals surface area (Å²) in [4.78, 5) is 22.1. The Balaban J connectivity index is 1.97. The second-order valence-electron chi connectivity index (χ2n) is 4.88. The van der Waals surface area contributed by atoms with Gasteiger partial charge >= 0.3 is 5.69 Å². The maximum atomic E-state index is 13.1. The summed E-state index contributed by atoms with van der Waals surface area (Å²) >= 11 is 0. The first-order valence-electron chi connectivity index (χ1n) is 6.61. The Morgan fingerprint density at radius 3 is 2.82 bits per heavy atom. The van der Waals surface area contributed by atoms with Crippen molar-refractivity contribution in [3.05, 3.63) is 51.6 Å². The summed E-state index contributed by atoms with van der Waals surface area (Å²) in [6.07, 6.45) is 1.37. The minimum absolute atomic E-state index is 0.0776. The van der Waals surface area contributed by atoms with Gasteiger partial charge in [-0.25, -0.2) is 4.39 Å². The fourth-order valence-corrected chi connectivity index (χ4v) is 1.96. The highest BCUT2D eigenvalue weighted by Gasteiger charge is 2.15. The number of rotatable bonds is 5. The molecule has 0 aliphatic heterocycles. The van der Waals surface area contributed by atoms with Gasteiger partial charge in [-0.05, 0) is 31.5 Å². The highest BCUT2D eigenvalue weighted by atomic mass is 19.1. The molecule has 0 bridgehead atoms. The molecule has 116 valence electrons. The van der Waals surface area contributed by atoms with E-state index in [-0.39, 0.29) is 24.6 Å². The number of amides is 1. The van der Waals surface area contributed by atoms with E-state index in [1.807, 2.05) is 0 Å². The zero-order valence-electron chi connectivity index (χ0n) is 12.2. The van der Waals surface area contributed by atoms with Gasteiger partial charge in [-0.15, -0.1) is 0 Å². The van der Waals surface area contributed by atoms with Gasteiger partial charge in [0, 0.05) is 18.7 Å². The summed E-state index contributed by atoms with van der Waals surface area (Å²) in [5, 5.41) is 17.3. The predicted molar refractivity (Wildman–Crippen MR) is 78.0 cm³/mol. The van der Waals surface area contributed by atoms with Crippen molar-refractivity contribution in [2.75, 3.05) is 5.32 Å². The number of carbonyl (C=O) groups excluding carboxylic acids is 1. The summed E-state index contributed by atoms with van der Waals surface area (Å²) in [6.45, 7) is 3.50. The number of anilines is 1. The van der Waals surface area contributed by atoms with Crippen molar-refractivity contribution in [2.45, 2.75) is 26.8 Å². The fourth-order valence-electron chi connectivity index (χ4n) is 1.96. The first-order valence-corrected chi connectivity index (χ1v) is 6.61. The van der Waals surface area contributed by atoms with Crippen LogP contribution in [0.15, 0.2) is 24.4 Å². The Labute approximate surface area is 125 Å². The summed E-state index contributed by atoms with van der Waals surface area (Å²) in [5.74, 6) is -0.747. The predicted octanol–water partition coefficient (Wildman–Crippen LogP) is 2.58. The molecule has 0 aliphatic rings. The average molecular weight is 306 g/mol. The third-order valence-electron chi connectivity index (χ3n) is 3.16. The molecular formula is C14H15FN4O3. The smallest absolute Gasteiger partial charge is 0.309 e. The van der Waals surface area contributed by atoms with Crippen LogP contribution >= 0.6 is 0 Å². The Morgan fingerprint density at radius 1 is 1.45 bits per heavy atom. The highest BCUT2D eigenvalue weighted by Crippen LogP contribution is 2.17. The minimum atomic E-state index is -0.519. The lowest BCUT2D eigenvalue weighted by molar-refractivity contribution is -0.385. The fraction of sp³-hybridized carbons (Fsp3) is 0.286. The molecule has 0 radical (unpaired) electrons. The van der Waals surface area contributed by atoms with Crippen LogP contribution in [0.5, 0.6) is 0 Å². The molecule has 22 heavy (non-hydrogen) atoms. The second-order valence-corrected chi connectivity index (χ2v) is 4.88. The molecule has 0 atom stereocenters. The molecule has 1 amide bonds. The number of aryl methyl sites for hydroxylation is 3. The lowest BCUT2D eigenvalue weighted by Gasteiger charge is -2.08. The van der Waals surface area contributed by atoms with E-state index in [2.05, 4.69) is 10.4 Å². The number of benzene rings is 1. The van der Waals surface area contributed by atoms with Gasteiger partial charge in [0.2, 0.25) is 5.91 Å². The maximum absolute atomic E-state index is 13.1. The van der Waals surface area contributed by atoms with Crippen LogP contribution in [0, 0.1) is 29.8 Å². The summed E-state index contributed by atoms with van der Waals surface area (Å²) in [6, 6.07) is 4.14. The molecule has 2 rings (SSSR count). The van der Waals surface area contributed by atoms with Gasteiger partial charge in [0.15, 0.2) is 0 Å². The van der Waals surface area contributed by atoms with Crippen LogP contribution in [-0.4, -0.2) is 20.6 Å². The molecular weight excluding hydrogens is 291 g/mol. The SMILES string of the molecule is Cc1ccc(F)cc1NC(=O)CCn1cc([N+](=O)[O-])c(C)n1. The number of nitro groups is 1. The van der Waals surface area contributed by atoms with Gasteiger partial charge in [-0.2, -0.15) is 5.10 Å². The number of hydrogen-bond donors (Lipinski definition) is 1. The maximum Gasteiger partial charge on any atom is 0.309 e. The topological polar surface area (TPSA) is 90.1 Å². The van der Waals surface area contributed by atoms with E-state index in [4.69, 9.17) is 0 Å². The lowest BCUT2D eigenvalue weighted by atomic mass is 10.2. The Hall–Kier alpha value is -2.77. The normalized spacial score (nSPS) is 10.5. The van der Waals surface area contributed by atoms with Gasteiger partial charge in [0.25, 0.3) is 0 Å². The van der Waals surface area contributed by atoms with E-state index in [0.717, 1.165) is 5.56 Å². The Bertz CT molecular complexity index is 727. The quantitative estimate of drug-likeness (QED) is 0.679. The lowest BCUT2D eigenvalue weighted by Crippen LogP contribution is -2.15. The number of halogens is 1. The van der Waals surface area contributed by atoms with Crippen molar-refractivity contribution < 1.29 is 14.1 Å². The number of nitrogens with zero attached hydrogens (tertiary/aromatic N) is 3. The van der Waals surface area contributed by atoms with E-state index in [0.29, 0.717) is 11.4 Å². The highest BCUT2D eigenvalue weighted by molar-refractivity contribution is 5.91. The number of carbonyl (C=O) groups is 1. The minimum Gasteiger partial charge on any atom is -0.326 e. The van der Waals surface area contributed by atoms with Gasteiger partial charge in [0.05, 0.1) is 4.92 Å². The number of nitrogens with one attached hydrogen (secondary N) is 1. The summed E-state index contributed by atoms with van der Waals surface area (Å²) < 4.78 is 14.5. The Kier molecular flexibility index (Phi) is 4.50. The first kappa shape index (κ1) is 15.6. The number of aromatic nitrogens is 2. The van der Waals surface area contributed by atoms with Gasteiger partial charge < -0.3 is 5.32 Å². The molecule has 0 spiro atoms. The van der Waals surface area contributed by atoms with Crippen LogP contribution in [0.3, 0.4) is 0 Å².